The van der Waals surface area contributed by atoms with Gasteiger partial charge in [-0.25, -0.2) is 0 Å². The van der Waals surface area contributed by atoms with Crippen LogP contribution in [0.4, 0.5) is 0 Å². The molecule has 0 unspecified atom stereocenters. The average Bonchev–Trinajstić information content (AvgIpc) is 3.03. The summed E-state index contributed by atoms with van der Waals surface area (Å²) in [7, 11) is 0. The van der Waals surface area contributed by atoms with Gasteiger partial charge in [-0.05, 0) is 43.9 Å². The molecule has 88 valence electrons. The van der Waals surface area contributed by atoms with Gasteiger partial charge in [0.25, 0.3) is 0 Å². The van der Waals surface area contributed by atoms with Gasteiger partial charge < -0.3 is 10.1 Å². The number of nitrogens with one attached hydrogen (secondary N) is 1. The van der Waals surface area contributed by atoms with E-state index in [1.807, 2.05) is 6.07 Å². The van der Waals surface area contributed by atoms with Crippen LogP contribution in [0.2, 0.25) is 0 Å². The van der Waals surface area contributed by atoms with Gasteiger partial charge in [-0.2, -0.15) is 0 Å². The quantitative estimate of drug-likeness (QED) is 0.793. The highest BCUT2D eigenvalue weighted by molar-refractivity contribution is 5.28. The predicted molar refractivity (Wildman–Crippen MR) is 66.7 cm³/mol. The minimum absolute atomic E-state index is 0.403. The van der Waals surface area contributed by atoms with Crippen LogP contribution in [0, 0.1) is 0 Å². The fraction of sp³-hybridized carbons (Fsp3) is 0.571. The molecule has 0 amide bonds. The lowest BCUT2D eigenvalue weighted by Crippen LogP contribution is -2.26. The summed E-state index contributed by atoms with van der Waals surface area (Å²) in [6, 6.07) is 8.38. The second-order valence-corrected chi connectivity index (χ2v) is 4.91. The van der Waals surface area contributed by atoms with Crippen molar-refractivity contribution in [1.82, 2.24) is 5.32 Å². The van der Waals surface area contributed by atoms with Crippen LogP contribution >= 0.6 is 0 Å². The minimum Gasteiger partial charge on any atom is -0.494 e. The molecule has 2 rings (SSSR count). The standard InChI is InChI=1S/C14H21NO/c1-3-9-16-13-6-4-5-12(10-13)11-15-14(2)7-8-14/h4-6,10,15H,3,7-9,11H2,1-2H3. The molecule has 0 aliphatic heterocycles. The van der Waals surface area contributed by atoms with Gasteiger partial charge in [0.1, 0.15) is 5.75 Å². The predicted octanol–water partition coefficient (Wildman–Crippen LogP) is 3.12. The van der Waals surface area contributed by atoms with Gasteiger partial charge in [-0.15, -0.1) is 0 Å². The van der Waals surface area contributed by atoms with E-state index in [9.17, 15) is 0 Å². The SMILES string of the molecule is CCCOc1cccc(CNC2(C)CC2)c1. The normalized spacial score (nSPS) is 17.1. The second-order valence-electron chi connectivity index (χ2n) is 4.91. The van der Waals surface area contributed by atoms with E-state index in [2.05, 4.69) is 37.4 Å². The van der Waals surface area contributed by atoms with Gasteiger partial charge in [0.15, 0.2) is 0 Å². The number of ether oxygens (including phenoxy) is 1. The summed E-state index contributed by atoms with van der Waals surface area (Å²) in [6.07, 6.45) is 3.67. The summed E-state index contributed by atoms with van der Waals surface area (Å²) < 4.78 is 5.62. The maximum atomic E-state index is 5.62. The third-order valence-corrected chi connectivity index (χ3v) is 3.09. The van der Waals surface area contributed by atoms with E-state index < -0.39 is 0 Å². The van der Waals surface area contributed by atoms with Crippen molar-refractivity contribution in [2.75, 3.05) is 6.61 Å². The van der Waals surface area contributed by atoms with Crippen LogP contribution in [0.5, 0.6) is 5.75 Å². The Balaban J connectivity index is 1.88. The summed E-state index contributed by atoms with van der Waals surface area (Å²) in [6.45, 7) is 6.15. The van der Waals surface area contributed by atoms with E-state index in [0.29, 0.717) is 5.54 Å². The smallest absolute Gasteiger partial charge is 0.119 e. The van der Waals surface area contributed by atoms with Crippen LogP contribution in [0.25, 0.3) is 0 Å². The van der Waals surface area contributed by atoms with Crippen molar-refractivity contribution in [3.05, 3.63) is 29.8 Å². The van der Waals surface area contributed by atoms with Crippen LogP contribution in [0.15, 0.2) is 24.3 Å². The Morgan fingerprint density at radius 2 is 2.19 bits per heavy atom. The van der Waals surface area contributed by atoms with E-state index in [1.54, 1.807) is 0 Å². The summed E-state index contributed by atoms with van der Waals surface area (Å²) in [5, 5.41) is 3.58. The van der Waals surface area contributed by atoms with E-state index >= 15 is 0 Å². The molecule has 0 bridgehead atoms. The molecule has 2 nitrogen and oxygen atoms in total. The Kier molecular flexibility index (Phi) is 3.49. The molecule has 16 heavy (non-hydrogen) atoms. The van der Waals surface area contributed by atoms with Gasteiger partial charge in [0.2, 0.25) is 0 Å². The first-order chi connectivity index (χ1) is 7.72. The van der Waals surface area contributed by atoms with Gasteiger partial charge in [0.05, 0.1) is 6.61 Å². The zero-order valence-electron chi connectivity index (χ0n) is 10.3. The molecule has 2 heteroatoms. The summed E-state index contributed by atoms with van der Waals surface area (Å²) in [4.78, 5) is 0. The van der Waals surface area contributed by atoms with Crippen LogP contribution < -0.4 is 10.1 Å². The fourth-order valence-corrected chi connectivity index (χ4v) is 1.64. The molecule has 1 fully saturated rings. The van der Waals surface area contributed by atoms with Crippen LogP contribution in [0.1, 0.15) is 38.7 Å². The van der Waals surface area contributed by atoms with E-state index in [-0.39, 0.29) is 0 Å². The van der Waals surface area contributed by atoms with Crippen molar-refractivity contribution < 1.29 is 4.74 Å². The maximum absolute atomic E-state index is 5.62. The van der Waals surface area contributed by atoms with Crippen LogP contribution in [0.3, 0.4) is 0 Å². The molecule has 0 aromatic heterocycles. The molecule has 0 radical (unpaired) electrons. The lowest BCUT2D eigenvalue weighted by atomic mass is 10.2. The van der Waals surface area contributed by atoms with Gasteiger partial charge in [-0.3, -0.25) is 0 Å². The summed E-state index contributed by atoms with van der Waals surface area (Å²) >= 11 is 0. The summed E-state index contributed by atoms with van der Waals surface area (Å²) in [5.74, 6) is 0.988. The van der Waals surface area contributed by atoms with Crippen molar-refractivity contribution in [3.63, 3.8) is 0 Å². The third-order valence-electron chi connectivity index (χ3n) is 3.09. The first kappa shape index (κ1) is 11.5. The largest absolute Gasteiger partial charge is 0.494 e. The fourth-order valence-electron chi connectivity index (χ4n) is 1.64. The Hall–Kier alpha value is -1.02. The molecule has 0 saturated heterocycles. The summed E-state index contributed by atoms with van der Waals surface area (Å²) in [5.41, 5.74) is 1.71. The minimum atomic E-state index is 0.403. The molecule has 1 aliphatic rings. The second kappa shape index (κ2) is 4.88. The molecule has 0 spiro atoms. The van der Waals surface area contributed by atoms with Crippen molar-refractivity contribution in [2.45, 2.75) is 45.2 Å². The van der Waals surface area contributed by atoms with Crippen molar-refractivity contribution in [1.29, 1.82) is 0 Å². The first-order valence-corrected chi connectivity index (χ1v) is 6.19. The number of hydrogen-bond acceptors (Lipinski definition) is 2. The topological polar surface area (TPSA) is 21.3 Å². The van der Waals surface area contributed by atoms with Crippen LogP contribution in [-0.4, -0.2) is 12.1 Å². The highest BCUT2D eigenvalue weighted by atomic mass is 16.5. The molecule has 1 aromatic carbocycles. The van der Waals surface area contributed by atoms with E-state index in [1.165, 1.54) is 18.4 Å². The molecule has 0 atom stereocenters. The monoisotopic (exact) mass is 219 g/mol. The van der Waals surface area contributed by atoms with Crippen molar-refractivity contribution in [3.8, 4) is 5.75 Å². The Morgan fingerprint density at radius 3 is 2.88 bits per heavy atom. The Morgan fingerprint density at radius 1 is 1.38 bits per heavy atom. The molecule has 1 aliphatic carbocycles. The van der Waals surface area contributed by atoms with Gasteiger partial charge in [0, 0.05) is 12.1 Å². The highest BCUT2D eigenvalue weighted by Gasteiger charge is 2.36. The number of hydrogen-bond donors (Lipinski definition) is 1. The molecular formula is C14H21NO. The zero-order valence-corrected chi connectivity index (χ0v) is 10.3. The molecule has 0 heterocycles. The first-order valence-electron chi connectivity index (χ1n) is 6.19. The Labute approximate surface area is 98.0 Å². The van der Waals surface area contributed by atoms with Crippen molar-refractivity contribution >= 4 is 0 Å². The van der Waals surface area contributed by atoms with Gasteiger partial charge >= 0.3 is 0 Å². The Bertz CT molecular complexity index is 344. The third kappa shape index (κ3) is 3.24. The lowest BCUT2D eigenvalue weighted by Gasteiger charge is -2.12. The average molecular weight is 219 g/mol. The van der Waals surface area contributed by atoms with E-state index in [0.717, 1.165) is 25.3 Å². The molecule has 1 N–H and O–H groups in total. The molecule has 1 aromatic rings. The van der Waals surface area contributed by atoms with Gasteiger partial charge in [-0.1, -0.05) is 19.1 Å². The number of rotatable bonds is 6. The molecule has 1 saturated carbocycles. The molecular weight excluding hydrogens is 198 g/mol. The number of benzene rings is 1. The zero-order chi connectivity index (χ0) is 11.4. The lowest BCUT2D eigenvalue weighted by molar-refractivity contribution is 0.317. The maximum Gasteiger partial charge on any atom is 0.119 e. The van der Waals surface area contributed by atoms with E-state index in [4.69, 9.17) is 4.74 Å². The highest BCUT2D eigenvalue weighted by Crippen LogP contribution is 2.34. The van der Waals surface area contributed by atoms with Crippen molar-refractivity contribution in [2.24, 2.45) is 0 Å². The van der Waals surface area contributed by atoms with Crippen LogP contribution in [-0.2, 0) is 6.54 Å².